The predicted molar refractivity (Wildman–Crippen MR) is 90.9 cm³/mol. The molecule has 2 aromatic rings. The van der Waals surface area contributed by atoms with E-state index >= 15 is 0 Å². The first kappa shape index (κ1) is 18.5. The van der Waals surface area contributed by atoms with Crippen molar-refractivity contribution >= 4 is 11.7 Å². The van der Waals surface area contributed by atoms with E-state index in [-0.39, 0.29) is 18.3 Å². The first-order valence-electron chi connectivity index (χ1n) is 7.88. The summed E-state index contributed by atoms with van der Waals surface area (Å²) in [5, 5.41) is 26.5. The highest BCUT2D eigenvalue weighted by molar-refractivity contribution is 5.74. The number of nitro benzene ring substituents is 1. The van der Waals surface area contributed by atoms with Gasteiger partial charge in [0.1, 0.15) is 11.4 Å². The van der Waals surface area contributed by atoms with Gasteiger partial charge in [-0.2, -0.15) is 0 Å². The van der Waals surface area contributed by atoms with Crippen molar-refractivity contribution in [3.8, 4) is 0 Å². The molecule has 0 fully saturated rings. The molecule has 2 unspecified atom stereocenters. The molecule has 2 amide bonds. The number of carbonyl (C=O) groups excluding carboxylic acids is 1. The Hall–Kier alpha value is -2.87. The van der Waals surface area contributed by atoms with Gasteiger partial charge >= 0.3 is 6.03 Å². The molecule has 0 saturated carbocycles. The summed E-state index contributed by atoms with van der Waals surface area (Å²) in [6.07, 6.45) is 2.00. The van der Waals surface area contributed by atoms with Crippen molar-refractivity contribution in [3.05, 3.63) is 64.1 Å². The number of aliphatic hydroxyl groups is 1. The molecule has 3 N–H and O–H groups in total. The standard InChI is InChI=1S/C17H21N3O5/c1-3-14(12-6-4-7-13(10-12)20(23)24)19-16(21)18-11-17(2,22)15-8-5-9-25-15/h4-10,14,22H,3,11H2,1-2H3,(H2,18,19,21). The van der Waals surface area contributed by atoms with Gasteiger partial charge in [0.05, 0.1) is 23.8 Å². The van der Waals surface area contributed by atoms with Crippen LogP contribution in [-0.2, 0) is 5.60 Å². The van der Waals surface area contributed by atoms with Gasteiger partial charge < -0.3 is 20.2 Å². The number of amides is 2. The van der Waals surface area contributed by atoms with Gasteiger partial charge in [-0.25, -0.2) is 4.79 Å². The average Bonchev–Trinajstić information content (AvgIpc) is 3.13. The molecule has 2 rings (SSSR count). The van der Waals surface area contributed by atoms with Gasteiger partial charge in [-0.1, -0.05) is 19.1 Å². The summed E-state index contributed by atoms with van der Waals surface area (Å²) in [5.41, 5.74) is -0.725. The number of nitrogens with zero attached hydrogens (tertiary/aromatic N) is 1. The lowest BCUT2D eigenvalue weighted by Gasteiger charge is -2.23. The lowest BCUT2D eigenvalue weighted by molar-refractivity contribution is -0.384. The minimum absolute atomic E-state index is 0.0288. The molecule has 134 valence electrons. The number of nitro groups is 1. The van der Waals surface area contributed by atoms with E-state index in [0.717, 1.165) is 0 Å². The van der Waals surface area contributed by atoms with Crippen LogP contribution in [0.5, 0.6) is 0 Å². The van der Waals surface area contributed by atoms with Gasteiger partial charge in [0, 0.05) is 12.1 Å². The van der Waals surface area contributed by atoms with Crippen LogP contribution < -0.4 is 10.6 Å². The Labute approximate surface area is 145 Å². The Kier molecular flexibility index (Phi) is 5.76. The third kappa shape index (κ3) is 4.80. The molecule has 1 aromatic heterocycles. The van der Waals surface area contributed by atoms with E-state index < -0.39 is 16.6 Å². The minimum Gasteiger partial charge on any atom is -0.466 e. The van der Waals surface area contributed by atoms with Crippen molar-refractivity contribution in [2.75, 3.05) is 6.54 Å². The monoisotopic (exact) mass is 347 g/mol. The number of hydrogen-bond acceptors (Lipinski definition) is 5. The van der Waals surface area contributed by atoms with Gasteiger partial charge in [0.2, 0.25) is 0 Å². The van der Waals surface area contributed by atoms with Gasteiger partial charge in [0.25, 0.3) is 5.69 Å². The molecule has 0 bridgehead atoms. The van der Waals surface area contributed by atoms with Crippen LogP contribution in [-0.4, -0.2) is 22.6 Å². The highest BCUT2D eigenvalue weighted by Gasteiger charge is 2.27. The Morgan fingerprint density at radius 3 is 2.76 bits per heavy atom. The number of urea groups is 1. The Morgan fingerprint density at radius 1 is 1.40 bits per heavy atom. The van der Waals surface area contributed by atoms with Crippen LogP contribution in [0.25, 0.3) is 0 Å². The third-order valence-electron chi connectivity index (χ3n) is 3.84. The molecule has 1 heterocycles. The molecule has 2 atom stereocenters. The van der Waals surface area contributed by atoms with E-state index in [1.165, 1.54) is 25.3 Å². The van der Waals surface area contributed by atoms with Gasteiger partial charge in [-0.05, 0) is 31.0 Å². The molecule has 0 aliphatic rings. The number of hydrogen-bond donors (Lipinski definition) is 3. The summed E-state index contributed by atoms with van der Waals surface area (Å²) in [6.45, 7) is 3.35. The summed E-state index contributed by atoms with van der Waals surface area (Å²) in [7, 11) is 0. The number of benzene rings is 1. The van der Waals surface area contributed by atoms with Crippen molar-refractivity contribution in [3.63, 3.8) is 0 Å². The lowest BCUT2D eigenvalue weighted by Crippen LogP contribution is -2.44. The molecule has 0 saturated heterocycles. The van der Waals surface area contributed by atoms with E-state index in [1.54, 1.807) is 24.3 Å². The summed E-state index contributed by atoms with van der Waals surface area (Å²) in [6, 6.07) is 8.55. The number of furan rings is 1. The average molecular weight is 347 g/mol. The zero-order valence-corrected chi connectivity index (χ0v) is 14.1. The zero-order valence-electron chi connectivity index (χ0n) is 14.1. The Balaban J connectivity index is 1.98. The van der Waals surface area contributed by atoms with Crippen molar-refractivity contribution in [2.45, 2.75) is 31.9 Å². The van der Waals surface area contributed by atoms with E-state index in [9.17, 15) is 20.0 Å². The third-order valence-corrected chi connectivity index (χ3v) is 3.84. The van der Waals surface area contributed by atoms with E-state index in [4.69, 9.17) is 4.42 Å². The van der Waals surface area contributed by atoms with Crippen molar-refractivity contribution in [1.82, 2.24) is 10.6 Å². The summed E-state index contributed by atoms with van der Waals surface area (Å²) in [5.74, 6) is 0.346. The van der Waals surface area contributed by atoms with Crippen LogP contribution in [0.3, 0.4) is 0 Å². The molecule has 0 aliphatic carbocycles. The number of nitrogens with one attached hydrogen (secondary N) is 2. The maximum atomic E-state index is 12.1. The fourth-order valence-corrected chi connectivity index (χ4v) is 2.41. The first-order valence-corrected chi connectivity index (χ1v) is 7.88. The van der Waals surface area contributed by atoms with E-state index in [0.29, 0.717) is 17.7 Å². The smallest absolute Gasteiger partial charge is 0.315 e. The molecular formula is C17H21N3O5. The largest absolute Gasteiger partial charge is 0.466 e. The summed E-state index contributed by atoms with van der Waals surface area (Å²) in [4.78, 5) is 22.5. The number of carbonyl (C=O) groups is 1. The van der Waals surface area contributed by atoms with Gasteiger partial charge in [-0.15, -0.1) is 0 Å². The molecule has 25 heavy (non-hydrogen) atoms. The second kappa shape index (κ2) is 7.80. The lowest BCUT2D eigenvalue weighted by atomic mass is 10.0. The maximum absolute atomic E-state index is 12.1. The van der Waals surface area contributed by atoms with E-state index in [1.807, 2.05) is 6.92 Å². The topological polar surface area (TPSA) is 118 Å². The molecule has 8 nitrogen and oxygen atoms in total. The number of non-ortho nitro benzene ring substituents is 1. The highest BCUT2D eigenvalue weighted by atomic mass is 16.6. The van der Waals surface area contributed by atoms with Crippen LogP contribution in [0.4, 0.5) is 10.5 Å². The highest BCUT2D eigenvalue weighted by Crippen LogP contribution is 2.22. The quantitative estimate of drug-likeness (QED) is 0.526. The predicted octanol–water partition coefficient (Wildman–Crippen LogP) is 2.85. The second-order valence-electron chi connectivity index (χ2n) is 5.89. The number of rotatable bonds is 7. The fourth-order valence-electron chi connectivity index (χ4n) is 2.41. The molecule has 0 radical (unpaired) electrons. The second-order valence-corrected chi connectivity index (χ2v) is 5.89. The fraction of sp³-hybridized carbons (Fsp3) is 0.353. The van der Waals surface area contributed by atoms with Crippen LogP contribution in [0.1, 0.15) is 37.6 Å². The molecule has 1 aromatic carbocycles. The van der Waals surface area contributed by atoms with Crippen LogP contribution in [0.2, 0.25) is 0 Å². The van der Waals surface area contributed by atoms with Crippen LogP contribution in [0.15, 0.2) is 47.1 Å². The zero-order chi connectivity index (χ0) is 18.4. The van der Waals surface area contributed by atoms with Gasteiger partial charge in [0.15, 0.2) is 0 Å². The summed E-state index contributed by atoms with van der Waals surface area (Å²) < 4.78 is 5.15. The van der Waals surface area contributed by atoms with Crippen molar-refractivity contribution in [2.24, 2.45) is 0 Å². The SMILES string of the molecule is CCC(NC(=O)NCC(C)(O)c1ccco1)c1cccc([N+](=O)[O-])c1. The summed E-state index contributed by atoms with van der Waals surface area (Å²) >= 11 is 0. The Morgan fingerprint density at radius 2 is 2.16 bits per heavy atom. The van der Waals surface area contributed by atoms with Crippen LogP contribution >= 0.6 is 0 Å². The molecule has 8 heteroatoms. The maximum Gasteiger partial charge on any atom is 0.315 e. The molecule has 0 spiro atoms. The van der Waals surface area contributed by atoms with E-state index in [2.05, 4.69) is 10.6 Å². The molecular weight excluding hydrogens is 326 g/mol. The molecule has 0 aliphatic heterocycles. The van der Waals surface area contributed by atoms with Crippen molar-refractivity contribution < 1.29 is 19.2 Å². The first-order chi connectivity index (χ1) is 11.8. The normalized spacial score (nSPS) is 14.4. The minimum atomic E-state index is -1.34. The van der Waals surface area contributed by atoms with Crippen molar-refractivity contribution in [1.29, 1.82) is 0 Å². The Bertz CT molecular complexity index is 728. The van der Waals surface area contributed by atoms with Gasteiger partial charge in [-0.3, -0.25) is 10.1 Å². The van der Waals surface area contributed by atoms with Crippen LogP contribution in [0, 0.1) is 10.1 Å².